The van der Waals surface area contributed by atoms with Crippen LogP contribution >= 0.6 is 0 Å². The van der Waals surface area contributed by atoms with Crippen LogP contribution in [-0.4, -0.2) is 49.4 Å². The molecule has 1 aliphatic heterocycles. The molecule has 1 fully saturated rings. The normalized spacial score (nSPS) is 14.3. The monoisotopic (exact) mass is 342 g/mol. The number of methoxy groups -OCH3 is 1. The summed E-state index contributed by atoms with van der Waals surface area (Å²) in [5.41, 5.74) is 1.89. The zero-order valence-corrected chi connectivity index (χ0v) is 14.2. The standard InChI is InChI=1S/C19H22N2O4/c1-24-18-8-7-16(13-17(18)22)20-9-11-21(12-10-20)19(23)25-14-15-5-3-2-4-6-15/h2-8,13,22H,9-12,14H2,1H3. The van der Waals surface area contributed by atoms with E-state index >= 15 is 0 Å². The molecule has 0 spiro atoms. The molecule has 3 rings (SSSR count). The molecule has 1 saturated heterocycles. The number of piperazine rings is 1. The fourth-order valence-electron chi connectivity index (χ4n) is 2.83. The second-order valence-electron chi connectivity index (χ2n) is 5.87. The van der Waals surface area contributed by atoms with E-state index in [-0.39, 0.29) is 18.4 Å². The van der Waals surface area contributed by atoms with Gasteiger partial charge in [-0.3, -0.25) is 0 Å². The fourth-order valence-corrected chi connectivity index (χ4v) is 2.83. The topological polar surface area (TPSA) is 62.2 Å². The minimum absolute atomic E-state index is 0.115. The maximum Gasteiger partial charge on any atom is 0.410 e. The van der Waals surface area contributed by atoms with Gasteiger partial charge in [0.05, 0.1) is 7.11 Å². The number of aromatic hydroxyl groups is 1. The zero-order chi connectivity index (χ0) is 17.6. The van der Waals surface area contributed by atoms with Crippen LogP contribution in [0.25, 0.3) is 0 Å². The average Bonchev–Trinajstić information content (AvgIpc) is 2.67. The van der Waals surface area contributed by atoms with Crippen molar-refractivity contribution in [3.8, 4) is 11.5 Å². The second kappa shape index (κ2) is 7.79. The van der Waals surface area contributed by atoms with Crippen molar-refractivity contribution < 1.29 is 19.4 Å². The number of carbonyl (C=O) groups excluding carboxylic acids is 1. The van der Waals surface area contributed by atoms with Crippen molar-refractivity contribution in [2.45, 2.75) is 6.61 Å². The number of anilines is 1. The van der Waals surface area contributed by atoms with E-state index in [0.29, 0.717) is 31.9 Å². The largest absolute Gasteiger partial charge is 0.504 e. The van der Waals surface area contributed by atoms with Gasteiger partial charge in [-0.25, -0.2) is 4.79 Å². The number of ether oxygens (including phenoxy) is 2. The Bertz CT molecular complexity index is 713. The third-order valence-corrected chi connectivity index (χ3v) is 4.27. The van der Waals surface area contributed by atoms with E-state index in [1.54, 1.807) is 17.0 Å². The number of carbonyl (C=O) groups is 1. The van der Waals surface area contributed by atoms with Crippen LogP contribution in [0.5, 0.6) is 11.5 Å². The number of phenolic OH excluding ortho intramolecular Hbond substituents is 1. The Morgan fingerprint density at radius 1 is 1.08 bits per heavy atom. The Hall–Kier alpha value is -2.89. The van der Waals surface area contributed by atoms with E-state index in [4.69, 9.17) is 9.47 Å². The van der Waals surface area contributed by atoms with Gasteiger partial charge in [0.1, 0.15) is 6.61 Å². The highest BCUT2D eigenvalue weighted by atomic mass is 16.6. The van der Waals surface area contributed by atoms with Crippen molar-refractivity contribution >= 4 is 11.8 Å². The summed E-state index contributed by atoms with van der Waals surface area (Å²) >= 11 is 0. The quantitative estimate of drug-likeness (QED) is 0.926. The number of phenols is 1. The molecule has 6 nitrogen and oxygen atoms in total. The first-order valence-electron chi connectivity index (χ1n) is 8.25. The molecule has 0 aliphatic carbocycles. The third kappa shape index (κ3) is 4.15. The first kappa shape index (κ1) is 17.0. The summed E-state index contributed by atoms with van der Waals surface area (Å²) in [6, 6.07) is 15.0. The Balaban J connectivity index is 1.51. The molecule has 25 heavy (non-hydrogen) atoms. The molecular formula is C19H22N2O4. The van der Waals surface area contributed by atoms with Crippen LogP contribution in [0.1, 0.15) is 5.56 Å². The van der Waals surface area contributed by atoms with Crippen LogP contribution in [0.2, 0.25) is 0 Å². The van der Waals surface area contributed by atoms with Gasteiger partial charge < -0.3 is 24.4 Å². The van der Waals surface area contributed by atoms with Crippen molar-refractivity contribution in [2.75, 3.05) is 38.2 Å². The van der Waals surface area contributed by atoms with E-state index in [9.17, 15) is 9.90 Å². The average molecular weight is 342 g/mol. The van der Waals surface area contributed by atoms with Gasteiger partial charge in [0.2, 0.25) is 0 Å². The van der Waals surface area contributed by atoms with E-state index < -0.39 is 0 Å². The molecule has 1 amide bonds. The predicted molar refractivity (Wildman–Crippen MR) is 95.1 cm³/mol. The van der Waals surface area contributed by atoms with Crippen molar-refractivity contribution in [2.24, 2.45) is 0 Å². The van der Waals surface area contributed by atoms with Gasteiger partial charge in [-0.1, -0.05) is 30.3 Å². The molecule has 0 radical (unpaired) electrons. The number of benzene rings is 2. The van der Waals surface area contributed by atoms with E-state index in [0.717, 1.165) is 11.3 Å². The molecule has 0 bridgehead atoms. The molecule has 0 aromatic heterocycles. The minimum Gasteiger partial charge on any atom is -0.504 e. The lowest BCUT2D eigenvalue weighted by Crippen LogP contribution is -2.48. The van der Waals surface area contributed by atoms with E-state index in [1.807, 2.05) is 36.4 Å². The number of hydrogen-bond acceptors (Lipinski definition) is 5. The number of rotatable bonds is 4. The molecule has 1 N–H and O–H groups in total. The highest BCUT2D eigenvalue weighted by Gasteiger charge is 2.22. The Morgan fingerprint density at radius 3 is 2.44 bits per heavy atom. The lowest BCUT2D eigenvalue weighted by Gasteiger charge is -2.35. The summed E-state index contributed by atoms with van der Waals surface area (Å²) in [4.78, 5) is 16.0. The Labute approximate surface area is 147 Å². The van der Waals surface area contributed by atoms with Crippen LogP contribution < -0.4 is 9.64 Å². The molecular weight excluding hydrogens is 320 g/mol. The maximum atomic E-state index is 12.2. The Kier molecular flexibility index (Phi) is 5.28. The van der Waals surface area contributed by atoms with Crippen molar-refractivity contribution in [3.63, 3.8) is 0 Å². The summed E-state index contributed by atoms with van der Waals surface area (Å²) in [6.07, 6.45) is -0.291. The zero-order valence-electron chi connectivity index (χ0n) is 14.2. The van der Waals surface area contributed by atoms with Crippen LogP contribution in [0, 0.1) is 0 Å². The molecule has 0 atom stereocenters. The maximum absolute atomic E-state index is 12.2. The predicted octanol–water partition coefficient (Wildman–Crippen LogP) is 2.86. The van der Waals surface area contributed by atoms with Gasteiger partial charge in [0, 0.05) is 37.9 Å². The van der Waals surface area contributed by atoms with Crippen molar-refractivity contribution in [1.82, 2.24) is 4.90 Å². The smallest absolute Gasteiger partial charge is 0.410 e. The van der Waals surface area contributed by atoms with Crippen LogP contribution in [0.4, 0.5) is 10.5 Å². The summed E-state index contributed by atoms with van der Waals surface area (Å²) in [7, 11) is 1.52. The number of nitrogens with zero attached hydrogens (tertiary/aromatic N) is 2. The first-order valence-corrected chi connectivity index (χ1v) is 8.25. The van der Waals surface area contributed by atoms with Crippen LogP contribution in [0.15, 0.2) is 48.5 Å². The molecule has 132 valence electrons. The summed E-state index contributed by atoms with van der Waals surface area (Å²) in [5, 5.41) is 9.90. The van der Waals surface area contributed by atoms with Gasteiger partial charge in [-0.15, -0.1) is 0 Å². The summed E-state index contributed by atoms with van der Waals surface area (Å²) < 4.78 is 10.4. The van der Waals surface area contributed by atoms with Gasteiger partial charge in [0.15, 0.2) is 11.5 Å². The minimum atomic E-state index is -0.291. The van der Waals surface area contributed by atoms with Crippen molar-refractivity contribution in [3.05, 3.63) is 54.1 Å². The van der Waals surface area contributed by atoms with E-state index in [1.165, 1.54) is 7.11 Å². The van der Waals surface area contributed by atoms with Crippen LogP contribution in [0.3, 0.4) is 0 Å². The summed E-state index contributed by atoms with van der Waals surface area (Å²) in [5.74, 6) is 0.566. The second-order valence-corrected chi connectivity index (χ2v) is 5.87. The van der Waals surface area contributed by atoms with Gasteiger partial charge in [0.25, 0.3) is 0 Å². The van der Waals surface area contributed by atoms with Gasteiger partial charge >= 0.3 is 6.09 Å². The molecule has 6 heteroatoms. The molecule has 1 aliphatic rings. The molecule has 2 aromatic rings. The van der Waals surface area contributed by atoms with Crippen molar-refractivity contribution in [1.29, 1.82) is 0 Å². The number of hydrogen-bond donors (Lipinski definition) is 1. The highest BCUT2D eigenvalue weighted by molar-refractivity contribution is 5.68. The lowest BCUT2D eigenvalue weighted by atomic mass is 10.2. The SMILES string of the molecule is COc1ccc(N2CCN(C(=O)OCc3ccccc3)CC2)cc1O. The van der Waals surface area contributed by atoms with Crippen LogP contribution in [-0.2, 0) is 11.3 Å². The Morgan fingerprint density at radius 2 is 1.80 bits per heavy atom. The third-order valence-electron chi connectivity index (χ3n) is 4.27. The van der Waals surface area contributed by atoms with Gasteiger partial charge in [-0.2, -0.15) is 0 Å². The lowest BCUT2D eigenvalue weighted by molar-refractivity contribution is 0.0942. The molecule has 2 aromatic carbocycles. The fraction of sp³-hybridized carbons (Fsp3) is 0.316. The molecule has 0 unspecified atom stereocenters. The highest BCUT2D eigenvalue weighted by Crippen LogP contribution is 2.30. The molecule has 0 saturated carbocycles. The van der Waals surface area contributed by atoms with E-state index in [2.05, 4.69) is 4.90 Å². The van der Waals surface area contributed by atoms with Gasteiger partial charge in [-0.05, 0) is 17.7 Å². The number of amides is 1. The first-order chi connectivity index (χ1) is 12.2. The summed E-state index contributed by atoms with van der Waals surface area (Å²) in [6.45, 7) is 2.82. The molecule has 1 heterocycles.